The van der Waals surface area contributed by atoms with E-state index in [2.05, 4.69) is 6.58 Å². The summed E-state index contributed by atoms with van der Waals surface area (Å²) in [5.41, 5.74) is 1.97. The van der Waals surface area contributed by atoms with Crippen molar-refractivity contribution in [3.8, 4) is 11.5 Å². The van der Waals surface area contributed by atoms with Crippen molar-refractivity contribution >= 4 is 11.7 Å². The number of methoxy groups -OCH3 is 2. The van der Waals surface area contributed by atoms with Gasteiger partial charge in [0.2, 0.25) is 0 Å². The van der Waals surface area contributed by atoms with E-state index in [0.29, 0.717) is 23.7 Å². The summed E-state index contributed by atoms with van der Waals surface area (Å²) in [4.78, 5) is 11.7. The minimum atomic E-state index is -0.695. The quantitative estimate of drug-likeness (QED) is 0.577. The van der Waals surface area contributed by atoms with Gasteiger partial charge >= 0.3 is 6.16 Å². The van der Waals surface area contributed by atoms with E-state index in [1.54, 1.807) is 14.2 Å². The van der Waals surface area contributed by atoms with Gasteiger partial charge in [0.15, 0.2) is 11.5 Å². The van der Waals surface area contributed by atoms with Gasteiger partial charge < -0.3 is 18.9 Å². The molecule has 0 aliphatic heterocycles. The van der Waals surface area contributed by atoms with Crippen molar-refractivity contribution in [2.45, 2.75) is 25.7 Å². The predicted octanol–water partition coefficient (Wildman–Crippen LogP) is 4.33. The molecule has 0 saturated carbocycles. The zero-order valence-electron chi connectivity index (χ0n) is 13.6. The molecule has 124 valence electrons. The number of ether oxygens (including phenoxy) is 4. The van der Waals surface area contributed by atoms with Crippen LogP contribution >= 0.6 is 0 Å². The van der Waals surface area contributed by atoms with Gasteiger partial charge in [-0.25, -0.2) is 4.79 Å². The maximum absolute atomic E-state index is 11.7. The number of benzene rings is 1. The molecule has 0 spiro atoms. The number of carbonyl (C=O) groups excluding carboxylic acids is 1. The summed E-state index contributed by atoms with van der Waals surface area (Å²) < 4.78 is 20.9. The molecule has 1 aliphatic carbocycles. The van der Waals surface area contributed by atoms with Gasteiger partial charge in [0.1, 0.15) is 12.4 Å². The number of allylic oxidation sites excluding steroid dienone is 2. The first-order valence-electron chi connectivity index (χ1n) is 7.59. The first-order valence-corrected chi connectivity index (χ1v) is 7.59. The second-order valence-corrected chi connectivity index (χ2v) is 5.13. The molecule has 2 rings (SSSR count). The second-order valence-electron chi connectivity index (χ2n) is 5.13. The molecular weight excluding hydrogens is 296 g/mol. The Morgan fingerprint density at radius 3 is 2.61 bits per heavy atom. The standard InChI is InChI=1S/C18H22O5/c1-4-11-22-18(19)23-15-8-6-5-7-14(15)13-9-10-16(20-2)17(12-13)21-3/h4,9-10,12H,1,5-8,11H2,2-3H3. The largest absolute Gasteiger partial charge is 0.513 e. The fourth-order valence-electron chi connectivity index (χ4n) is 2.58. The van der Waals surface area contributed by atoms with Gasteiger partial charge in [0.05, 0.1) is 14.2 Å². The number of rotatable bonds is 6. The Labute approximate surface area is 136 Å². The van der Waals surface area contributed by atoms with Crippen molar-refractivity contribution < 1.29 is 23.7 Å². The normalized spacial score (nSPS) is 14.2. The lowest BCUT2D eigenvalue weighted by atomic mass is 9.92. The lowest BCUT2D eigenvalue weighted by Gasteiger charge is -2.20. The van der Waals surface area contributed by atoms with Crippen LogP contribution in [0.15, 0.2) is 36.6 Å². The van der Waals surface area contributed by atoms with Gasteiger partial charge in [-0.15, -0.1) is 0 Å². The predicted molar refractivity (Wildman–Crippen MR) is 87.6 cm³/mol. The van der Waals surface area contributed by atoms with Crippen LogP contribution in [0.4, 0.5) is 4.79 Å². The van der Waals surface area contributed by atoms with Crippen molar-refractivity contribution in [1.82, 2.24) is 0 Å². The molecule has 5 heteroatoms. The van der Waals surface area contributed by atoms with Crippen molar-refractivity contribution in [2.75, 3.05) is 20.8 Å². The Hall–Kier alpha value is -2.43. The summed E-state index contributed by atoms with van der Waals surface area (Å²) in [5, 5.41) is 0. The first kappa shape index (κ1) is 16.9. The van der Waals surface area contributed by atoms with Crippen molar-refractivity contribution in [2.24, 2.45) is 0 Å². The van der Waals surface area contributed by atoms with Gasteiger partial charge in [-0.1, -0.05) is 18.7 Å². The van der Waals surface area contributed by atoms with Crippen molar-refractivity contribution in [1.29, 1.82) is 0 Å². The molecular formula is C18H22O5. The van der Waals surface area contributed by atoms with Crippen LogP contribution in [0.3, 0.4) is 0 Å². The van der Waals surface area contributed by atoms with Crippen LogP contribution in [-0.4, -0.2) is 27.0 Å². The second kappa shape index (κ2) is 8.27. The molecule has 0 bridgehead atoms. The van der Waals surface area contributed by atoms with E-state index in [1.165, 1.54) is 6.08 Å². The number of hydrogen-bond donors (Lipinski definition) is 0. The lowest BCUT2D eigenvalue weighted by Crippen LogP contribution is -2.11. The summed E-state index contributed by atoms with van der Waals surface area (Å²) >= 11 is 0. The van der Waals surface area contributed by atoms with Crippen molar-refractivity contribution in [3.63, 3.8) is 0 Å². The zero-order chi connectivity index (χ0) is 16.7. The molecule has 1 aromatic rings. The molecule has 0 atom stereocenters. The summed E-state index contributed by atoms with van der Waals surface area (Å²) in [5.74, 6) is 1.98. The summed E-state index contributed by atoms with van der Waals surface area (Å²) in [6, 6.07) is 5.70. The zero-order valence-corrected chi connectivity index (χ0v) is 13.6. The molecule has 1 aliphatic rings. The fourth-order valence-corrected chi connectivity index (χ4v) is 2.58. The Balaban J connectivity index is 2.28. The molecule has 0 amide bonds. The van der Waals surface area contributed by atoms with Crippen LogP contribution in [0.25, 0.3) is 5.57 Å². The SMILES string of the molecule is C=CCOC(=O)OC1=C(c2ccc(OC)c(OC)c2)CCCC1. The van der Waals surface area contributed by atoms with E-state index >= 15 is 0 Å². The maximum atomic E-state index is 11.7. The van der Waals surface area contributed by atoms with Crippen LogP contribution in [0.1, 0.15) is 31.2 Å². The van der Waals surface area contributed by atoms with E-state index in [4.69, 9.17) is 18.9 Å². The third-order valence-corrected chi connectivity index (χ3v) is 3.67. The van der Waals surface area contributed by atoms with E-state index in [-0.39, 0.29) is 6.61 Å². The first-order chi connectivity index (χ1) is 11.2. The summed E-state index contributed by atoms with van der Waals surface area (Å²) in [6.07, 6.45) is 4.41. The maximum Gasteiger partial charge on any atom is 0.513 e. The van der Waals surface area contributed by atoms with Gasteiger partial charge in [-0.05, 0) is 42.5 Å². The number of carbonyl (C=O) groups is 1. The van der Waals surface area contributed by atoms with Crippen LogP contribution in [0, 0.1) is 0 Å². The van der Waals surface area contributed by atoms with Crippen LogP contribution in [0.5, 0.6) is 11.5 Å². The van der Waals surface area contributed by atoms with Crippen LogP contribution in [0.2, 0.25) is 0 Å². The van der Waals surface area contributed by atoms with Gasteiger partial charge in [-0.2, -0.15) is 0 Å². The molecule has 1 aromatic carbocycles. The van der Waals surface area contributed by atoms with Gasteiger partial charge in [0.25, 0.3) is 0 Å². The third kappa shape index (κ3) is 4.28. The molecule has 0 unspecified atom stereocenters. The molecule has 0 saturated heterocycles. The van der Waals surface area contributed by atoms with E-state index in [0.717, 1.165) is 30.4 Å². The van der Waals surface area contributed by atoms with Crippen LogP contribution < -0.4 is 9.47 Å². The molecule has 0 fully saturated rings. The molecule has 0 radical (unpaired) electrons. The smallest absolute Gasteiger partial charge is 0.493 e. The minimum absolute atomic E-state index is 0.137. The molecule has 5 nitrogen and oxygen atoms in total. The highest BCUT2D eigenvalue weighted by atomic mass is 16.7. The molecule has 0 aromatic heterocycles. The van der Waals surface area contributed by atoms with Crippen molar-refractivity contribution in [3.05, 3.63) is 42.2 Å². The Morgan fingerprint density at radius 2 is 1.91 bits per heavy atom. The Bertz CT molecular complexity index is 603. The van der Waals surface area contributed by atoms with E-state index in [9.17, 15) is 4.79 Å². The monoisotopic (exact) mass is 318 g/mol. The Kier molecular flexibility index (Phi) is 6.09. The van der Waals surface area contributed by atoms with Gasteiger partial charge in [-0.3, -0.25) is 0 Å². The van der Waals surface area contributed by atoms with Gasteiger partial charge in [0, 0.05) is 6.42 Å². The Morgan fingerprint density at radius 1 is 1.17 bits per heavy atom. The highest BCUT2D eigenvalue weighted by Crippen LogP contribution is 2.37. The molecule has 0 N–H and O–H groups in total. The molecule has 23 heavy (non-hydrogen) atoms. The average Bonchev–Trinajstić information content (AvgIpc) is 2.59. The van der Waals surface area contributed by atoms with E-state index < -0.39 is 6.16 Å². The van der Waals surface area contributed by atoms with E-state index in [1.807, 2.05) is 18.2 Å². The topological polar surface area (TPSA) is 54.0 Å². The third-order valence-electron chi connectivity index (χ3n) is 3.67. The summed E-state index contributed by atoms with van der Waals surface area (Å²) in [7, 11) is 3.20. The lowest BCUT2D eigenvalue weighted by molar-refractivity contribution is 0.0836. The minimum Gasteiger partial charge on any atom is -0.493 e. The summed E-state index contributed by atoms with van der Waals surface area (Å²) in [6.45, 7) is 3.64. The average molecular weight is 318 g/mol. The number of hydrogen-bond acceptors (Lipinski definition) is 5. The molecule has 0 heterocycles. The fraction of sp³-hybridized carbons (Fsp3) is 0.389. The highest BCUT2D eigenvalue weighted by Gasteiger charge is 2.20. The highest BCUT2D eigenvalue weighted by molar-refractivity contribution is 5.73. The van der Waals surface area contributed by atoms with Crippen LogP contribution in [-0.2, 0) is 9.47 Å².